The van der Waals surface area contributed by atoms with Gasteiger partial charge in [0.2, 0.25) is 0 Å². The van der Waals surface area contributed by atoms with E-state index in [4.69, 9.17) is 21.6 Å². The van der Waals surface area contributed by atoms with E-state index in [9.17, 15) is 8.78 Å². The zero-order valence-corrected chi connectivity index (χ0v) is 8.50. The third-order valence-electron chi connectivity index (χ3n) is 1.86. The van der Waals surface area contributed by atoms with E-state index in [1.54, 1.807) is 0 Å². The van der Waals surface area contributed by atoms with Crippen molar-refractivity contribution >= 4 is 24.2 Å². The van der Waals surface area contributed by atoms with Crippen molar-refractivity contribution in [1.29, 1.82) is 0 Å². The molecule has 7 heteroatoms. The lowest BCUT2D eigenvalue weighted by atomic mass is 9.79. The van der Waals surface area contributed by atoms with Crippen molar-refractivity contribution < 1.29 is 23.6 Å². The summed E-state index contributed by atoms with van der Waals surface area (Å²) < 4.78 is 28.0. The molecule has 0 spiro atoms. The van der Waals surface area contributed by atoms with Crippen LogP contribution in [-0.2, 0) is 0 Å². The Bertz CT molecular complexity index is 360. The first-order chi connectivity index (χ1) is 6.93. The number of hydrogen-bond acceptors (Lipinski definition) is 3. The van der Waals surface area contributed by atoms with Crippen molar-refractivity contribution in [3.63, 3.8) is 0 Å². The van der Waals surface area contributed by atoms with E-state index in [1.165, 1.54) is 19.1 Å². The summed E-state index contributed by atoms with van der Waals surface area (Å²) in [5.74, 6) is -0.0839. The minimum atomic E-state index is -2.94. The van der Waals surface area contributed by atoms with Crippen LogP contribution in [0.15, 0.2) is 12.1 Å². The summed E-state index contributed by atoms with van der Waals surface area (Å²) in [6, 6.07) is 2.43. The fourth-order valence-corrected chi connectivity index (χ4v) is 1.37. The molecular formula is C8H8BClF2O3. The van der Waals surface area contributed by atoms with Gasteiger partial charge in [-0.2, -0.15) is 8.78 Å². The molecule has 0 amide bonds. The quantitative estimate of drug-likeness (QED) is 0.768. The molecule has 0 bridgehead atoms. The fraction of sp³-hybridized carbons (Fsp3) is 0.250. The highest BCUT2D eigenvalue weighted by Crippen LogP contribution is 2.25. The van der Waals surface area contributed by atoms with Crippen molar-refractivity contribution in [3.05, 3.63) is 22.7 Å². The van der Waals surface area contributed by atoms with Crippen LogP contribution >= 0.6 is 11.6 Å². The molecule has 0 heterocycles. The van der Waals surface area contributed by atoms with E-state index < -0.39 is 13.7 Å². The normalized spacial score (nSPS) is 10.6. The van der Waals surface area contributed by atoms with Crippen LogP contribution < -0.4 is 10.2 Å². The SMILES string of the molecule is Cc1c(OC(F)F)ccc(B(O)O)c1Cl. The molecule has 1 aromatic carbocycles. The molecule has 0 unspecified atom stereocenters. The number of benzene rings is 1. The van der Waals surface area contributed by atoms with E-state index in [0.29, 0.717) is 0 Å². The third-order valence-corrected chi connectivity index (χ3v) is 2.36. The highest BCUT2D eigenvalue weighted by atomic mass is 35.5. The first kappa shape index (κ1) is 12.2. The molecule has 15 heavy (non-hydrogen) atoms. The van der Waals surface area contributed by atoms with Gasteiger partial charge < -0.3 is 14.8 Å². The minimum absolute atomic E-state index is 0.00292. The van der Waals surface area contributed by atoms with Gasteiger partial charge in [0, 0.05) is 16.0 Å². The number of alkyl halides is 2. The van der Waals surface area contributed by atoms with Crippen molar-refractivity contribution in [3.8, 4) is 5.75 Å². The van der Waals surface area contributed by atoms with Gasteiger partial charge >= 0.3 is 13.7 Å². The molecule has 0 saturated heterocycles. The van der Waals surface area contributed by atoms with Crippen LogP contribution in [0.1, 0.15) is 5.56 Å². The maximum Gasteiger partial charge on any atom is 0.489 e. The molecule has 82 valence electrons. The highest BCUT2D eigenvalue weighted by Gasteiger charge is 2.19. The molecule has 0 fully saturated rings. The average Bonchev–Trinajstić information content (AvgIpc) is 2.12. The third kappa shape index (κ3) is 2.81. The highest BCUT2D eigenvalue weighted by molar-refractivity contribution is 6.62. The Kier molecular flexibility index (Phi) is 3.90. The van der Waals surface area contributed by atoms with E-state index in [0.717, 1.165) is 0 Å². The van der Waals surface area contributed by atoms with Crippen molar-refractivity contribution in [2.45, 2.75) is 13.5 Å². The van der Waals surface area contributed by atoms with Crippen LogP contribution in [0.4, 0.5) is 8.78 Å². The Labute approximate surface area is 90.4 Å². The van der Waals surface area contributed by atoms with Crippen molar-refractivity contribution in [2.24, 2.45) is 0 Å². The lowest BCUT2D eigenvalue weighted by Crippen LogP contribution is -2.31. The molecule has 0 radical (unpaired) electrons. The second-order valence-electron chi connectivity index (χ2n) is 2.84. The predicted octanol–water partition coefficient (Wildman–Crippen LogP) is 0.930. The van der Waals surface area contributed by atoms with Crippen molar-refractivity contribution in [2.75, 3.05) is 0 Å². The topological polar surface area (TPSA) is 49.7 Å². The molecule has 0 aliphatic rings. The first-order valence-electron chi connectivity index (χ1n) is 4.03. The summed E-state index contributed by atoms with van der Waals surface area (Å²) in [6.45, 7) is -1.49. The molecule has 2 N–H and O–H groups in total. The van der Waals surface area contributed by atoms with Gasteiger partial charge in [-0.15, -0.1) is 0 Å². The fourth-order valence-electron chi connectivity index (χ4n) is 1.11. The van der Waals surface area contributed by atoms with E-state index in [2.05, 4.69) is 4.74 Å². The number of halogens is 3. The van der Waals surface area contributed by atoms with Crippen LogP contribution in [0, 0.1) is 6.92 Å². The summed E-state index contributed by atoms with van der Waals surface area (Å²) in [4.78, 5) is 0. The standard InChI is InChI=1S/C8H8BClF2O3/c1-4-6(15-8(11)12)3-2-5(7(4)10)9(13)14/h2-3,8,13-14H,1H3. The monoisotopic (exact) mass is 236 g/mol. The van der Waals surface area contributed by atoms with E-state index in [-0.39, 0.29) is 21.8 Å². The van der Waals surface area contributed by atoms with Crippen LogP contribution in [0.5, 0.6) is 5.75 Å². The smallest absolute Gasteiger partial charge is 0.435 e. The van der Waals surface area contributed by atoms with Gasteiger partial charge in [-0.25, -0.2) is 0 Å². The Morgan fingerprint density at radius 3 is 2.47 bits per heavy atom. The van der Waals surface area contributed by atoms with Gasteiger partial charge in [0.05, 0.1) is 0 Å². The van der Waals surface area contributed by atoms with Crippen LogP contribution in [-0.4, -0.2) is 23.8 Å². The summed E-state index contributed by atoms with van der Waals surface area (Å²) >= 11 is 5.73. The summed E-state index contributed by atoms with van der Waals surface area (Å²) in [5.41, 5.74) is 0.290. The van der Waals surface area contributed by atoms with Crippen LogP contribution in [0.25, 0.3) is 0 Å². The average molecular weight is 236 g/mol. The van der Waals surface area contributed by atoms with Crippen molar-refractivity contribution in [1.82, 2.24) is 0 Å². The predicted molar refractivity (Wildman–Crippen MR) is 52.6 cm³/mol. The molecule has 0 aliphatic heterocycles. The van der Waals surface area contributed by atoms with Gasteiger partial charge in [-0.3, -0.25) is 0 Å². The lowest BCUT2D eigenvalue weighted by molar-refractivity contribution is -0.0502. The van der Waals surface area contributed by atoms with Crippen LogP contribution in [0.2, 0.25) is 5.02 Å². The molecule has 1 rings (SSSR count). The summed E-state index contributed by atoms with van der Waals surface area (Å²) in [6.07, 6.45) is 0. The molecule has 0 aliphatic carbocycles. The molecule has 0 atom stereocenters. The lowest BCUT2D eigenvalue weighted by Gasteiger charge is -2.11. The number of rotatable bonds is 3. The van der Waals surface area contributed by atoms with Gasteiger partial charge in [0.1, 0.15) is 5.75 Å². The van der Waals surface area contributed by atoms with E-state index in [1.807, 2.05) is 0 Å². The Hall–Kier alpha value is -0.845. The van der Waals surface area contributed by atoms with Gasteiger partial charge in [0.25, 0.3) is 0 Å². The summed E-state index contributed by atoms with van der Waals surface area (Å²) in [7, 11) is -1.74. The number of ether oxygens (including phenoxy) is 1. The Balaban J connectivity index is 3.10. The van der Waals surface area contributed by atoms with Gasteiger partial charge in [-0.1, -0.05) is 17.7 Å². The Morgan fingerprint density at radius 2 is 2.00 bits per heavy atom. The molecule has 1 aromatic rings. The number of hydrogen-bond donors (Lipinski definition) is 2. The zero-order chi connectivity index (χ0) is 11.6. The molecular weight excluding hydrogens is 228 g/mol. The summed E-state index contributed by atoms with van der Waals surface area (Å²) in [5, 5.41) is 17.8. The zero-order valence-electron chi connectivity index (χ0n) is 7.75. The maximum absolute atomic E-state index is 11.9. The van der Waals surface area contributed by atoms with Crippen LogP contribution in [0.3, 0.4) is 0 Å². The minimum Gasteiger partial charge on any atom is -0.435 e. The molecule has 3 nitrogen and oxygen atoms in total. The first-order valence-corrected chi connectivity index (χ1v) is 4.41. The Morgan fingerprint density at radius 1 is 1.40 bits per heavy atom. The largest absolute Gasteiger partial charge is 0.489 e. The van der Waals surface area contributed by atoms with Gasteiger partial charge in [-0.05, 0) is 13.0 Å². The molecule has 0 aromatic heterocycles. The van der Waals surface area contributed by atoms with Gasteiger partial charge in [0.15, 0.2) is 0 Å². The maximum atomic E-state index is 11.9. The van der Waals surface area contributed by atoms with E-state index >= 15 is 0 Å². The second-order valence-corrected chi connectivity index (χ2v) is 3.22. The molecule has 0 saturated carbocycles. The second kappa shape index (κ2) is 4.78.